The first-order valence-electron chi connectivity index (χ1n) is 6.54. The summed E-state index contributed by atoms with van der Waals surface area (Å²) in [4.78, 5) is 13.3. The molecule has 0 spiro atoms. The summed E-state index contributed by atoms with van der Waals surface area (Å²) in [6.45, 7) is 3.91. The molecule has 0 radical (unpaired) electrons. The highest BCUT2D eigenvalue weighted by molar-refractivity contribution is 7.92. The summed E-state index contributed by atoms with van der Waals surface area (Å²) in [5.74, 6) is -0.541. The van der Waals surface area contributed by atoms with Gasteiger partial charge in [0.2, 0.25) is 5.91 Å². The lowest BCUT2D eigenvalue weighted by molar-refractivity contribution is -0.115. The van der Waals surface area contributed by atoms with Gasteiger partial charge in [0, 0.05) is 18.4 Å². The average molecular weight is 298 g/mol. The van der Waals surface area contributed by atoms with E-state index in [0.717, 1.165) is 0 Å². The standard InChI is InChI=1S/C14H22N2O3S/c1-11(2)8-9-20(18,19)10-14(17)16(3)13-6-4-12(15)5-7-13/h4-7,11H,8-10,15H2,1-3H3. The molecule has 1 amide bonds. The van der Waals surface area contributed by atoms with Crippen molar-refractivity contribution >= 4 is 27.1 Å². The van der Waals surface area contributed by atoms with E-state index < -0.39 is 21.5 Å². The molecular formula is C14H22N2O3S. The zero-order valence-electron chi connectivity index (χ0n) is 12.2. The van der Waals surface area contributed by atoms with Crippen LogP contribution in [0.25, 0.3) is 0 Å². The first-order chi connectivity index (χ1) is 9.21. The number of amides is 1. The lowest BCUT2D eigenvalue weighted by atomic mass is 10.2. The summed E-state index contributed by atoms with van der Waals surface area (Å²) in [6, 6.07) is 6.72. The molecule has 0 heterocycles. The Hall–Kier alpha value is -1.56. The molecule has 20 heavy (non-hydrogen) atoms. The van der Waals surface area contributed by atoms with Crippen molar-refractivity contribution in [3.05, 3.63) is 24.3 Å². The molecule has 1 aromatic carbocycles. The van der Waals surface area contributed by atoms with Crippen molar-refractivity contribution in [1.82, 2.24) is 0 Å². The Bertz CT molecular complexity index is 550. The monoisotopic (exact) mass is 298 g/mol. The summed E-state index contributed by atoms with van der Waals surface area (Å²) in [7, 11) is -1.79. The minimum absolute atomic E-state index is 0.0476. The van der Waals surface area contributed by atoms with Crippen molar-refractivity contribution in [2.75, 3.05) is 29.2 Å². The van der Waals surface area contributed by atoms with E-state index in [4.69, 9.17) is 5.73 Å². The van der Waals surface area contributed by atoms with Crippen molar-refractivity contribution in [3.8, 4) is 0 Å². The number of benzene rings is 1. The zero-order valence-corrected chi connectivity index (χ0v) is 13.0. The number of rotatable bonds is 6. The van der Waals surface area contributed by atoms with Gasteiger partial charge >= 0.3 is 0 Å². The van der Waals surface area contributed by atoms with Gasteiger partial charge < -0.3 is 10.6 Å². The summed E-state index contributed by atoms with van der Waals surface area (Å²) >= 11 is 0. The van der Waals surface area contributed by atoms with E-state index in [-0.39, 0.29) is 5.75 Å². The van der Waals surface area contributed by atoms with Crippen molar-refractivity contribution < 1.29 is 13.2 Å². The third-order valence-electron chi connectivity index (χ3n) is 3.00. The number of nitrogen functional groups attached to an aromatic ring is 1. The van der Waals surface area contributed by atoms with Gasteiger partial charge in [-0.05, 0) is 36.6 Å². The highest BCUT2D eigenvalue weighted by Crippen LogP contribution is 2.15. The van der Waals surface area contributed by atoms with E-state index in [1.807, 2.05) is 13.8 Å². The van der Waals surface area contributed by atoms with Gasteiger partial charge in [0.05, 0.1) is 5.75 Å². The average Bonchev–Trinajstić information content (AvgIpc) is 2.36. The Morgan fingerprint density at radius 2 is 1.80 bits per heavy atom. The van der Waals surface area contributed by atoms with Crippen LogP contribution in [0.4, 0.5) is 11.4 Å². The SMILES string of the molecule is CC(C)CCS(=O)(=O)CC(=O)N(C)c1ccc(N)cc1. The Balaban J connectivity index is 2.68. The van der Waals surface area contributed by atoms with Crippen LogP contribution in [-0.2, 0) is 14.6 Å². The molecule has 0 aliphatic rings. The van der Waals surface area contributed by atoms with Crippen molar-refractivity contribution in [3.63, 3.8) is 0 Å². The van der Waals surface area contributed by atoms with Gasteiger partial charge in [0.25, 0.3) is 0 Å². The molecule has 0 atom stereocenters. The zero-order chi connectivity index (χ0) is 15.3. The highest BCUT2D eigenvalue weighted by Gasteiger charge is 2.20. The number of carbonyl (C=O) groups excluding carboxylic acids is 1. The summed E-state index contributed by atoms with van der Waals surface area (Å²) < 4.78 is 23.7. The third kappa shape index (κ3) is 5.21. The molecule has 0 aliphatic carbocycles. The molecule has 0 bridgehead atoms. The number of nitrogens with zero attached hydrogens (tertiary/aromatic N) is 1. The molecule has 0 saturated carbocycles. The van der Waals surface area contributed by atoms with Crippen LogP contribution >= 0.6 is 0 Å². The second kappa shape index (κ2) is 6.74. The number of carbonyl (C=O) groups is 1. The first kappa shape index (κ1) is 16.5. The van der Waals surface area contributed by atoms with E-state index in [1.165, 1.54) is 4.90 Å². The van der Waals surface area contributed by atoms with Crippen LogP contribution in [0.5, 0.6) is 0 Å². The van der Waals surface area contributed by atoms with Gasteiger partial charge in [-0.3, -0.25) is 4.79 Å². The Morgan fingerprint density at radius 3 is 2.30 bits per heavy atom. The molecule has 0 fully saturated rings. The van der Waals surface area contributed by atoms with Crippen molar-refractivity contribution in [2.24, 2.45) is 5.92 Å². The summed E-state index contributed by atoms with van der Waals surface area (Å²) in [5.41, 5.74) is 6.80. The van der Waals surface area contributed by atoms with E-state index >= 15 is 0 Å². The number of sulfone groups is 1. The molecule has 112 valence electrons. The number of hydrogen-bond donors (Lipinski definition) is 1. The highest BCUT2D eigenvalue weighted by atomic mass is 32.2. The second-order valence-corrected chi connectivity index (χ2v) is 7.50. The van der Waals surface area contributed by atoms with Gasteiger partial charge in [-0.2, -0.15) is 0 Å². The molecule has 6 heteroatoms. The van der Waals surface area contributed by atoms with E-state index in [1.54, 1.807) is 31.3 Å². The second-order valence-electron chi connectivity index (χ2n) is 5.32. The number of anilines is 2. The van der Waals surface area contributed by atoms with Crippen molar-refractivity contribution in [1.29, 1.82) is 0 Å². The first-order valence-corrected chi connectivity index (χ1v) is 8.36. The van der Waals surface area contributed by atoms with Crippen LogP contribution in [0.15, 0.2) is 24.3 Å². The molecule has 1 aromatic rings. The lowest BCUT2D eigenvalue weighted by Gasteiger charge is -2.17. The molecule has 2 N–H and O–H groups in total. The van der Waals surface area contributed by atoms with Crippen molar-refractivity contribution in [2.45, 2.75) is 20.3 Å². The molecular weight excluding hydrogens is 276 g/mol. The van der Waals surface area contributed by atoms with Crippen LogP contribution in [-0.4, -0.2) is 32.9 Å². The molecule has 0 saturated heterocycles. The van der Waals surface area contributed by atoms with Gasteiger partial charge in [0.1, 0.15) is 5.75 Å². The fourth-order valence-corrected chi connectivity index (χ4v) is 3.16. The predicted molar refractivity (Wildman–Crippen MR) is 82.4 cm³/mol. The summed E-state index contributed by atoms with van der Waals surface area (Å²) in [5, 5.41) is 0. The predicted octanol–water partition coefficient (Wildman–Crippen LogP) is 1.69. The van der Waals surface area contributed by atoms with Gasteiger partial charge in [-0.15, -0.1) is 0 Å². The smallest absolute Gasteiger partial charge is 0.241 e. The maximum atomic E-state index is 12.0. The Kier molecular flexibility index (Phi) is 5.56. The van der Waals surface area contributed by atoms with E-state index in [2.05, 4.69) is 0 Å². The minimum Gasteiger partial charge on any atom is -0.399 e. The molecule has 1 rings (SSSR count). The minimum atomic E-state index is -3.35. The van der Waals surface area contributed by atoms with Crippen LogP contribution in [0.2, 0.25) is 0 Å². The topological polar surface area (TPSA) is 80.5 Å². The molecule has 0 unspecified atom stereocenters. The van der Waals surface area contributed by atoms with Gasteiger partial charge in [-0.25, -0.2) is 8.42 Å². The van der Waals surface area contributed by atoms with Gasteiger partial charge in [-0.1, -0.05) is 13.8 Å². The third-order valence-corrected chi connectivity index (χ3v) is 4.55. The normalized spacial score (nSPS) is 11.6. The van der Waals surface area contributed by atoms with Crippen LogP contribution in [0.3, 0.4) is 0 Å². The fourth-order valence-electron chi connectivity index (χ4n) is 1.61. The molecule has 0 aliphatic heterocycles. The Labute approximate surface area is 120 Å². The van der Waals surface area contributed by atoms with Crippen LogP contribution < -0.4 is 10.6 Å². The fraction of sp³-hybridized carbons (Fsp3) is 0.500. The molecule has 5 nitrogen and oxygen atoms in total. The largest absolute Gasteiger partial charge is 0.399 e. The summed E-state index contributed by atoms with van der Waals surface area (Å²) in [6.07, 6.45) is 0.571. The molecule has 0 aromatic heterocycles. The maximum Gasteiger partial charge on any atom is 0.241 e. The van der Waals surface area contributed by atoms with E-state index in [0.29, 0.717) is 23.7 Å². The number of nitrogens with two attached hydrogens (primary N) is 1. The van der Waals surface area contributed by atoms with Gasteiger partial charge in [0.15, 0.2) is 9.84 Å². The lowest BCUT2D eigenvalue weighted by Crippen LogP contribution is -2.33. The van der Waals surface area contributed by atoms with E-state index in [9.17, 15) is 13.2 Å². The Morgan fingerprint density at radius 1 is 1.25 bits per heavy atom. The quantitative estimate of drug-likeness (QED) is 0.810. The number of hydrogen-bond acceptors (Lipinski definition) is 4. The van der Waals surface area contributed by atoms with Crippen LogP contribution in [0.1, 0.15) is 20.3 Å². The van der Waals surface area contributed by atoms with Crippen LogP contribution in [0, 0.1) is 5.92 Å². The maximum absolute atomic E-state index is 12.0.